The fraction of sp³-hybridized carbons (Fsp3) is 0.636. The number of nitrogens with one attached hydrogen (secondary N) is 1. The minimum atomic E-state index is 0.651. The van der Waals surface area contributed by atoms with E-state index in [4.69, 9.17) is 9.47 Å². The third-order valence-corrected chi connectivity index (χ3v) is 2.99. The molecule has 0 radical (unpaired) electrons. The Labute approximate surface area is 99.9 Å². The average Bonchev–Trinajstić information content (AvgIpc) is 2.64. The average molecular weight is 236 g/mol. The van der Waals surface area contributed by atoms with Crippen molar-refractivity contribution < 1.29 is 9.47 Å². The van der Waals surface area contributed by atoms with Gasteiger partial charge in [-0.3, -0.25) is 0 Å². The molecule has 0 bridgehead atoms. The fourth-order valence-corrected chi connectivity index (χ4v) is 2.05. The lowest BCUT2D eigenvalue weighted by molar-refractivity contribution is 0.122. The van der Waals surface area contributed by atoms with Gasteiger partial charge in [-0.05, 0) is 6.07 Å². The number of anilines is 1. The number of morpholine rings is 1. The summed E-state index contributed by atoms with van der Waals surface area (Å²) in [6.07, 6.45) is 0. The maximum atomic E-state index is 5.51. The first-order valence-corrected chi connectivity index (χ1v) is 5.96. The van der Waals surface area contributed by atoms with Crippen LogP contribution in [0.25, 0.3) is 0 Å². The highest BCUT2D eigenvalue weighted by atomic mass is 16.5. The standard InChI is InChI=1S/C11H16N4O2/c1-4-17-11-9(8-12-1)7-10(13-14-11)15-2-5-16-6-3-15/h7,12H,1-6,8H2. The van der Waals surface area contributed by atoms with Gasteiger partial charge in [0.1, 0.15) is 6.61 Å². The van der Waals surface area contributed by atoms with E-state index in [0.29, 0.717) is 12.5 Å². The summed E-state index contributed by atoms with van der Waals surface area (Å²) in [4.78, 5) is 2.20. The van der Waals surface area contributed by atoms with Crippen molar-refractivity contribution in [2.75, 3.05) is 44.4 Å². The van der Waals surface area contributed by atoms with Crippen LogP contribution in [-0.4, -0.2) is 49.7 Å². The summed E-state index contributed by atoms with van der Waals surface area (Å²) in [6.45, 7) is 5.56. The molecule has 0 spiro atoms. The van der Waals surface area contributed by atoms with Crippen molar-refractivity contribution in [3.63, 3.8) is 0 Å². The van der Waals surface area contributed by atoms with E-state index in [-0.39, 0.29) is 0 Å². The molecule has 2 aliphatic rings. The highest BCUT2D eigenvalue weighted by Crippen LogP contribution is 2.21. The molecule has 0 atom stereocenters. The summed E-state index contributed by atoms with van der Waals surface area (Å²) in [5.74, 6) is 1.58. The van der Waals surface area contributed by atoms with Crippen molar-refractivity contribution >= 4 is 5.82 Å². The lowest BCUT2D eigenvalue weighted by Gasteiger charge is -2.27. The van der Waals surface area contributed by atoms with Gasteiger partial charge in [0.2, 0.25) is 5.88 Å². The van der Waals surface area contributed by atoms with Crippen LogP contribution in [0.2, 0.25) is 0 Å². The van der Waals surface area contributed by atoms with E-state index in [2.05, 4.69) is 26.5 Å². The van der Waals surface area contributed by atoms with E-state index >= 15 is 0 Å². The molecule has 1 N–H and O–H groups in total. The van der Waals surface area contributed by atoms with Gasteiger partial charge in [-0.15, -0.1) is 10.2 Å². The van der Waals surface area contributed by atoms with Gasteiger partial charge >= 0.3 is 0 Å². The Morgan fingerprint density at radius 2 is 2.06 bits per heavy atom. The highest BCUT2D eigenvalue weighted by molar-refractivity contribution is 5.43. The smallest absolute Gasteiger partial charge is 0.238 e. The van der Waals surface area contributed by atoms with E-state index in [1.807, 2.05) is 0 Å². The van der Waals surface area contributed by atoms with Crippen LogP contribution in [0.5, 0.6) is 5.88 Å². The molecule has 0 amide bonds. The zero-order chi connectivity index (χ0) is 11.5. The van der Waals surface area contributed by atoms with Crippen LogP contribution >= 0.6 is 0 Å². The zero-order valence-electron chi connectivity index (χ0n) is 9.69. The maximum absolute atomic E-state index is 5.51. The number of hydrogen-bond acceptors (Lipinski definition) is 6. The molecule has 1 fully saturated rings. The molecule has 3 rings (SSSR count). The fourth-order valence-electron chi connectivity index (χ4n) is 2.05. The van der Waals surface area contributed by atoms with Gasteiger partial charge in [-0.2, -0.15) is 0 Å². The Hall–Kier alpha value is -1.40. The zero-order valence-corrected chi connectivity index (χ0v) is 9.69. The van der Waals surface area contributed by atoms with E-state index in [1.165, 1.54) is 0 Å². The van der Waals surface area contributed by atoms with Gasteiger partial charge in [-0.25, -0.2) is 0 Å². The highest BCUT2D eigenvalue weighted by Gasteiger charge is 2.17. The Bertz CT molecular complexity index is 393. The van der Waals surface area contributed by atoms with Crippen molar-refractivity contribution in [1.29, 1.82) is 0 Å². The predicted molar refractivity (Wildman–Crippen MR) is 62.3 cm³/mol. The maximum Gasteiger partial charge on any atom is 0.238 e. The van der Waals surface area contributed by atoms with E-state index in [0.717, 1.165) is 50.8 Å². The second kappa shape index (κ2) is 4.85. The van der Waals surface area contributed by atoms with Crippen LogP contribution < -0.4 is 15.0 Å². The van der Waals surface area contributed by atoms with Crippen molar-refractivity contribution in [2.45, 2.75) is 6.54 Å². The predicted octanol–water partition coefficient (Wildman–Crippen LogP) is -0.205. The van der Waals surface area contributed by atoms with E-state index in [9.17, 15) is 0 Å². The van der Waals surface area contributed by atoms with E-state index < -0.39 is 0 Å². The van der Waals surface area contributed by atoms with Gasteiger partial charge in [-0.1, -0.05) is 0 Å². The van der Waals surface area contributed by atoms with Crippen LogP contribution in [0.1, 0.15) is 5.56 Å². The number of hydrogen-bond donors (Lipinski definition) is 1. The molecule has 0 aliphatic carbocycles. The van der Waals surface area contributed by atoms with Crippen molar-refractivity contribution in [3.8, 4) is 5.88 Å². The molecule has 6 nitrogen and oxygen atoms in total. The molecule has 92 valence electrons. The number of ether oxygens (including phenoxy) is 2. The third kappa shape index (κ3) is 2.32. The number of aromatic nitrogens is 2. The van der Waals surface area contributed by atoms with Crippen LogP contribution in [0.3, 0.4) is 0 Å². The first-order valence-electron chi connectivity index (χ1n) is 5.96. The number of nitrogens with zero attached hydrogens (tertiary/aromatic N) is 3. The second-order valence-electron chi connectivity index (χ2n) is 4.16. The van der Waals surface area contributed by atoms with Crippen LogP contribution in [0, 0.1) is 0 Å². The first kappa shape index (κ1) is 10.7. The Morgan fingerprint density at radius 3 is 2.94 bits per heavy atom. The lowest BCUT2D eigenvalue weighted by atomic mass is 10.2. The minimum absolute atomic E-state index is 0.651. The van der Waals surface area contributed by atoms with Gasteiger partial charge in [0, 0.05) is 31.7 Å². The van der Waals surface area contributed by atoms with Crippen LogP contribution in [0.4, 0.5) is 5.82 Å². The molecular weight excluding hydrogens is 220 g/mol. The topological polar surface area (TPSA) is 59.5 Å². The van der Waals surface area contributed by atoms with E-state index in [1.54, 1.807) is 0 Å². The molecule has 1 aromatic heterocycles. The summed E-state index contributed by atoms with van der Waals surface area (Å²) in [7, 11) is 0. The van der Waals surface area contributed by atoms with Crippen molar-refractivity contribution in [3.05, 3.63) is 11.6 Å². The number of rotatable bonds is 1. The molecular formula is C11H16N4O2. The summed E-state index contributed by atoms with van der Waals surface area (Å²) >= 11 is 0. The second-order valence-corrected chi connectivity index (χ2v) is 4.16. The minimum Gasteiger partial charge on any atom is -0.475 e. The van der Waals surface area contributed by atoms with Crippen molar-refractivity contribution in [2.24, 2.45) is 0 Å². The lowest BCUT2D eigenvalue weighted by Crippen LogP contribution is -2.37. The molecule has 2 aliphatic heterocycles. The summed E-state index contributed by atoms with van der Waals surface area (Å²) < 4.78 is 10.8. The van der Waals surface area contributed by atoms with Crippen LogP contribution in [-0.2, 0) is 11.3 Å². The summed E-state index contributed by atoms with van der Waals surface area (Å²) in [6, 6.07) is 2.06. The largest absolute Gasteiger partial charge is 0.475 e. The van der Waals surface area contributed by atoms with Gasteiger partial charge in [0.15, 0.2) is 5.82 Å². The Morgan fingerprint density at radius 1 is 1.18 bits per heavy atom. The molecule has 0 unspecified atom stereocenters. The molecule has 0 aromatic carbocycles. The van der Waals surface area contributed by atoms with Gasteiger partial charge in [0.05, 0.1) is 13.2 Å². The molecule has 1 aromatic rings. The molecule has 1 saturated heterocycles. The SMILES string of the molecule is c1c(N2CCOCC2)nnc2c1CNCCO2. The van der Waals surface area contributed by atoms with Gasteiger partial charge < -0.3 is 19.7 Å². The normalized spacial score (nSPS) is 20.4. The Kier molecular flexibility index (Phi) is 3.06. The molecule has 0 saturated carbocycles. The quantitative estimate of drug-likeness (QED) is 0.728. The first-order chi connectivity index (χ1) is 8.43. The summed E-state index contributed by atoms with van der Waals surface area (Å²) in [5.41, 5.74) is 1.08. The van der Waals surface area contributed by atoms with Gasteiger partial charge in [0.25, 0.3) is 0 Å². The molecule has 17 heavy (non-hydrogen) atoms. The molecule has 3 heterocycles. The third-order valence-electron chi connectivity index (χ3n) is 2.99. The molecule has 6 heteroatoms. The number of fused-ring (bicyclic) bond motifs is 1. The van der Waals surface area contributed by atoms with Crippen molar-refractivity contribution in [1.82, 2.24) is 15.5 Å². The monoisotopic (exact) mass is 236 g/mol. The summed E-state index contributed by atoms with van der Waals surface area (Å²) in [5, 5.41) is 11.7. The Balaban J connectivity index is 1.83. The van der Waals surface area contributed by atoms with Crippen LogP contribution in [0.15, 0.2) is 6.07 Å².